The van der Waals surface area contributed by atoms with Crippen LogP contribution in [-0.2, 0) is 0 Å². The van der Waals surface area contributed by atoms with Gasteiger partial charge in [0, 0.05) is 27.5 Å². The van der Waals surface area contributed by atoms with Crippen molar-refractivity contribution in [1.29, 1.82) is 5.26 Å². The highest BCUT2D eigenvalue weighted by Crippen LogP contribution is 2.38. The fourth-order valence-electron chi connectivity index (χ4n) is 5.56. The van der Waals surface area contributed by atoms with Gasteiger partial charge in [0.2, 0.25) is 0 Å². The van der Waals surface area contributed by atoms with E-state index in [1.54, 1.807) is 0 Å². The molecule has 5 nitrogen and oxygen atoms in total. The molecule has 1 aliphatic rings. The predicted molar refractivity (Wildman–Crippen MR) is 171 cm³/mol. The summed E-state index contributed by atoms with van der Waals surface area (Å²) in [6.45, 7) is 0. The van der Waals surface area contributed by atoms with E-state index in [4.69, 9.17) is 15.1 Å². The van der Waals surface area contributed by atoms with Gasteiger partial charge in [-0.1, -0.05) is 97.1 Å². The van der Waals surface area contributed by atoms with Crippen molar-refractivity contribution in [2.24, 2.45) is 10.7 Å². The summed E-state index contributed by atoms with van der Waals surface area (Å²) >= 11 is 0. The van der Waals surface area contributed by atoms with Crippen LogP contribution >= 0.6 is 0 Å². The molecule has 0 saturated carbocycles. The molecule has 0 aliphatic carbocycles. The molecule has 7 rings (SSSR count). The maximum absolute atomic E-state index is 9.19. The fourth-order valence-corrected chi connectivity index (χ4v) is 5.56. The molecular formula is C37H26N4O. The van der Waals surface area contributed by atoms with Gasteiger partial charge in [-0.05, 0) is 58.8 Å². The Labute approximate surface area is 243 Å². The van der Waals surface area contributed by atoms with E-state index in [9.17, 15) is 5.26 Å². The van der Waals surface area contributed by atoms with Crippen molar-refractivity contribution in [3.8, 4) is 28.3 Å². The lowest BCUT2D eigenvalue weighted by atomic mass is 9.96. The smallest absolute Gasteiger partial charge is 0.147 e. The molecule has 0 fully saturated rings. The summed E-state index contributed by atoms with van der Waals surface area (Å²) in [6, 6.07) is 40.5. The first-order valence-corrected chi connectivity index (χ1v) is 13.8. The molecule has 0 radical (unpaired) electrons. The van der Waals surface area contributed by atoms with Crippen molar-refractivity contribution in [2.75, 3.05) is 0 Å². The van der Waals surface area contributed by atoms with Crippen molar-refractivity contribution in [3.63, 3.8) is 0 Å². The second-order valence-electron chi connectivity index (χ2n) is 10.2. The van der Waals surface area contributed by atoms with Crippen LogP contribution in [0.4, 0.5) is 0 Å². The number of furan rings is 1. The van der Waals surface area contributed by atoms with Crippen LogP contribution in [0.1, 0.15) is 16.7 Å². The minimum Gasteiger partial charge on any atom is -0.455 e. The van der Waals surface area contributed by atoms with E-state index in [1.165, 1.54) is 0 Å². The molecule has 0 saturated heterocycles. The molecule has 0 spiro atoms. The van der Waals surface area contributed by atoms with Crippen molar-refractivity contribution in [3.05, 3.63) is 150 Å². The molecule has 1 aromatic heterocycles. The zero-order valence-electron chi connectivity index (χ0n) is 22.7. The third kappa shape index (κ3) is 4.51. The van der Waals surface area contributed by atoms with Crippen LogP contribution in [0.3, 0.4) is 0 Å². The Morgan fingerprint density at radius 1 is 0.762 bits per heavy atom. The average molecular weight is 543 g/mol. The van der Waals surface area contributed by atoms with E-state index >= 15 is 0 Å². The van der Waals surface area contributed by atoms with E-state index in [2.05, 4.69) is 53.9 Å². The van der Waals surface area contributed by atoms with Gasteiger partial charge in [0.1, 0.15) is 23.2 Å². The van der Waals surface area contributed by atoms with E-state index in [1.807, 2.05) is 91.1 Å². The first kappa shape index (κ1) is 25.1. The van der Waals surface area contributed by atoms with Gasteiger partial charge in [-0.15, -0.1) is 0 Å². The number of nitriles is 1. The summed E-state index contributed by atoms with van der Waals surface area (Å²) < 4.78 is 6.38. The summed E-state index contributed by atoms with van der Waals surface area (Å²) in [6.07, 6.45) is 5.65. The minimum absolute atomic E-state index is 0.300. The van der Waals surface area contributed by atoms with Gasteiger partial charge in [0.05, 0.1) is 11.6 Å². The number of dihydropyridines is 1. The summed E-state index contributed by atoms with van der Waals surface area (Å²) in [5.74, 6) is 0.459. The topological polar surface area (TPSA) is 87.3 Å². The third-order valence-corrected chi connectivity index (χ3v) is 7.63. The lowest BCUT2D eigenvalue weighted by molar-refractivity contribution is 0.670. The molecule has 42 heavy (non-hydrogen) atoms. The molecule has 6 aromatic rings. The second kappa shape index (κ2) is 10.6. The van der Waals surface area contributed by atoms with Crippen molar-refractivity contribution >= 4 is 33.3 Å². The van der Waals surface area contributed by atoms with E-state index in [0.717, 1.165) is 60.9 Å². The number of para-hydroxylation sites is 1. The molecule has 5 aromatic carbocycles. The Hall–Kier alpha value is -5.86. The minimum atomic E-state index is -0.300. The van der Waals surface area contributed by atoms with Gasteiger partial charge in [0.25, 0.3) is 0 Å². The highest BCUT2D eigenvalue weighted by atomic mass is 16.3. The number of hydrogen-bond donors (Lipinski definition) is 2. The fraction of sp³-hybridized carbons (Fsp3) is 0.0270. The van der Waals surface area contributed by atoms with Crippen molar-refractivity contribution in [1.82, 2.24) is 5.32 Å². The van der Waals surface area contributed by atoms with Gasteiger partial charge in [-0.25, -0.2) is 4.99 Å². The molecule has 1 unspecified atom stereocenters. The molecular weight excluding hydrogens is 516 g/mol. The Balaban J connectivity index is 1.29. The number of nitrogens with one attached hydrogen (secondary N) is 1. The number of benzene rings is 5. The van der Waals surface area contributed by atoms with Gasteiger partial charge in [-0.2, -0.15) is 5.26 Å². The van der Waals surface area contributed by atoms with Crippen molar-refractivity contribution in [2.45, 2.75) is 6.17 Å². The van der Waals surface area contributed by atoms with Gasteiger partial charge < -0.3 is 15.5 Å². The maximum Gasteiger partial charge on any atom is 0.147 e. The number of rotatable bonds is 5. The van der Waals surface area contributed by atoms with Gasteiger partial charge >= 0.3 is 0 Å². The first-order chi connectivity index (χ1) is 20.7. The maximum atomic E-state index is 9.19. The lowest BCUT2D eigenvalue weighted by Gasteiger charge is -2.21. The summed E-state index contributed by atoms with van der Waals surface area (Å²) in [7, 11) is 0. The number of aliphatic imine (C=N–C) groups is 1. The summed E-state index contributed by atoms with van der Waals surface area (Å²) in [5, 5.41) is 14.6. The molecule has 0 bridgehead atoms. The number of amidine groups is 1. The zero-order chi connectivity index (χ0) is 28.5. The van der Waals surface area contributed by atoms with Crippen LogP contribution in [-0.4, -0.2) is 12.0 Å². The largest absolute Gasteiger partial charge is 0.455 e. The van der Waals surface area contributed by atoms with Crippen molar-refractivity contribution < 1.29 is 4.42 Å². The van der Waals surface area contributed by atoms with Gasteiger partial charge in [0.15, 0.2) is 0 Å². The van der Waals surface area contributed by atoms with Crippen LogP contribution < -0.4 is 11.1 Å². The number of fused-ring (bicyclic) bond motifs is 3. The molecule has 200 valence electrons. The Bertz CT molecular complexity index is 2080. The van der Waals surface area contributed by atoms with Crippen LogP contribution in [0, 0.1) is 11.3 Å². The molecule has 0 amide bonds. The molecule has 3 N–H and O–H groups in total. The van der Waals surface area contributed by atoms with E-state index < -0.39 is 0 Å². The highest BCUT2D eigenvalue weighted by molar-refractivity contribution is 6.11. The Kier molecular flexibility index (Phi) is 6.35. The standard InChI is InChI=1S/C37H26N4O/c38-23-24-15-17-26(18-16-24)29-12-6-13-31-33-22-27(19-20-34(33)42-35(29)31)28-10-4-5-11-32(28)36(39)41-37-30(14-7-21-40-37)25-8-2-1-3-9-25/h1-22,37,40H,(H2,39,41). The average Bonchev–Trinajstić information content (AvgIpc) is 3.44. The normalized spacial score (nSPS) is 14.9. The monoisotopic (exact) mass is 542 g/mol. The zero-order valence-corrected chi connectivity index (χ0v) is 22.7. The van der Waals surface area contributed by atoms with Crippen LogP contribution in [0.5, 0.6) is 0 Å². The third-order valence-electron chi connectivity index (χ3n) is 7.63. The lowest BCUT2D eigenvalue weighted by Crippen LogP contribution is -2.29. The summed E-state index contributed by atoms with van der Waals surface area (Å²) in [5.41, 5.74) is 16.0. The highest BCUT2D eigenvalue weighted by Gasteiger charge is 2.18. The van der Waals surface area contributed by atoms with Crippen LogP contribution in [0.25, 0.3) is 49.8 Å². The molecule has 2 heterocycles. The summed E-state index contributed by atoms with van der Waals surface area (Å²) in [4.78, 5) is 4.94. The number of hydrogen-bond acceptors (Lipinski definition) is 4. The van der Waals surface area contributed by atoms with Crippen LogP contribution in [0.15, 0.2) is 143 Å². The molecule has 1 atom stereocenters. The number of nitrogens with zero attached hydrogens (tertiary/aromatic N) is 2. The predicted octanol–water partition coefficient (Wildman–Crippen LogP) is 8.02. The van der Waals surface area contributed by atoms with E-state index in [0.29, 0.717) is 11.4 Å². The molecule has 5 heteroatoms. The van der Waals surface area contributed by atoms with Gasteiger partial charge in [-0.3, -0.25) is 0 Å². The number of allylic oxidation sites excluding steroid dienone is 2. The SMILES string of the molecule is N#Cc1ccc(-c2cccc3c2oc2ccc(-c4ccccc4C(N)=NC4NC=CC=C4c4ccccc4)cc23)cc1. The first-order valence-electron chi connectivity index (χ1n) is 13.8. The quantitative estimate of drug-likeness (QED) is 0.171. The number of nitrogens with two attached hydrogens (primary N) is 1. The van der Waals surface area contributed by atoms with Crippen LogP contribution in [0.2, 0.25) is 0 Å². The second-order valence-corrected chi connectivity index (χ2v) is 10.2. The molecule has 1 aliphatic heterocycles. The Morgan fingerprint density at radius 2 is 1.52 bits per heavy atom. The Morgan fingerprint density at radius 3 is 2.36 bits per heavy atom. The van der Waals surface area contributed by atoms with E-state index in [-0.39, 0.29) is 6.17 Å².